The van der Waals surface area contributed by atoms with Gasteiger partial charge in [-0.05, 0) is 37.2 Å². The maximum atomic E-state index is 12.5. The van der Waals surface area contributed by atoms with Crippen LogP contribution in [0.2, 0.25) is 0 Å². The van der Waals surface area contributed by atoms with Gasteiger partial charge in [-0.25, -0.2) is 12.8 Å². The fourth-order valence-corrected chi connectivity index (χ4v) is 2.17. The first kappa shape index (κ1) is 11.9. The topological polar surface area (TPSA) is 72.2 Å². The molecule has 0 aliphatic rings. The zero-order valence-corrected chi connectivity index (χ0v) is 8.93. The van der Waals surface area contributed by atoms with Gasteiger partial charge in [-0.15, -0.1) is 0 Å². The SMILES string of the molecule is NCCCS(=O)(=O)Nc1ccc(F)cc1. The smallest absolute Gasteiger partial charge is 0.232 e. The van der Waals surface area contributed by atoms with Gasteiger partial charge in [0.1, 0.15) is 5.82 Å². The Labute approximate surface area is 88.3 Å². The van der Waals surface area contributed by atoms with Gasteiger partial charge in [0.25, 0.3) is 0 Å². The van der Waals surface area contributed by atoms with E-state index in [0.717, 1.165) is 0 Å². The van der Waals surface area contributed by atoms with Crippen LogP contribution >= 0.6 is 0 Å². The van der Waals surface area contributed by atoms with E-state index in [2.05, 4.69) is 4.72 Å². The maximum Gasteiger partial charge on any atom is 0.232 e. The number of benzene rings is 1. The molecule has 3 N–H and O–H groups in total. The summed E-state index contributed by atoms with van der Waals surface area (Å²) in [5.74, 6) is -0.430. The van der Waals surface area contributed by atoms with Crippen LogP contribution in [0.25, 0.3) is 0 Å². The van der Waals surface area contributed by atoms with E-state index in [9.17, 15) is 12.8 Å². The van der Waals surface area contributed by atoms with Crippen molar-refractivity contribution in [1.82, 2.24) is 0 Å². The van der Waals surface area contributed by atoms with Gasteiger partial charge in [0, 0.05) is 5.69 Å². The normalized spacial score (nSPS) is 11.3. The molecule has 0 amide bonds. The van der Waals surface area contributed by atoms with Gasteiger partial charge in [-0.3, -0.25) is 4.72 Å². The average molecular weight is 232 g/mol. The second-order valence-electron chi connectivity index (χ2n) is 3.07. The summed E-state index contributed by atoms with van der Waals surface area (Å²) >= 11 is 0. The molecule has 0 saturated heterocycles. The Hall–Kier alpha value is -1.14. The molecular formula is C9H13FN2O2S. The third kappa shape index (κ3) is 4.26. The van der Waals surface area contributed by atoms with Crippen molar-refractivity contribution in [2.24, 2.45) is 5.73 Å². The summed E-state index contributed by atoms with van der Waals surface area (Å²) in [6, 6.07) is 5.13. The summed E-state index contributed by atoms with van der Waals surface area (Å²) in [6.45, 7) is 0.324. The molecule has 0 aliphatic heterocycles. The average Bonchev–Trinajstić information content (AvgIpc) is 2.18. The van der Waals surface area contributed by atoms with Crippen LogP contribution in [0.15, 0.2) is 24.3 Å². The van der Waals surface area contributed by atoms with Crippen LogP contribution in [-0.4, -0.2) is 20.7 Å². The summed E-state index contributed by atoms with van der Waals surface area (Å²) in [5.41, 5.74) is 5.56. The highest BCUT2D eigenvalue weighted by Gasteiger charge is 2.08. The number of hydrogen-bond donors (Lipinski definition) is 2. The largest absolute Gasteiger partial charge is 0.330 e. The minimum atomic E-state index is -3.36. The van der Waals surface area contributed by atoms with E-state index in [4.69, 9.17) is 5.73 Å². The van der Waals surface area contributed by atoms with Crippen LogP contribution in [0.4, 0.5) is 10.1 Å². The van der Waals surface area contributed by atoms with Crippen LogP contribution in [0.5, 0.6) is 0 Å². The summed E-state index contributed by atoms with van der Waals surface area (Å²) < 4.78 is 37.6. The van der Waals surface area contributed by atoms with Gasteiger partial charge in [-0.2, -0.15) is 0 Å². The second kappa shape index (κ2) is 5.09. The lowest BCUT2D eigenvalue weighted by atomic mass is 10.3. The molecule has 0 fully saturated rings. The molecular weight excluding hydrogens is 219 g/mol. The predicted octanol–water partition coefficient (Wildman–Crippen LogP) is 0.916. The van der Waals surface area contributed by atoms with Gasteiger partial charge >= 0.3 is 0 Å². The molecule has 0 bridgehead atoms. The minimum Gasteiger partial charge on any atom is -0.330 e. The van der Waals surface area contributed by atoms with Gasteiger partial charge in [0.05, 0.1) is 5.75 Å². The summed E-state index contributed by atoms with van der Waals surface area (Å²) in [6.07, 6.45) is 0.399. The Morgan fingerprint density at radius 3 is 2.40 bits per heavy atom. The summed E-state index contributed by atoms with van der Waals surface area (Å²) in [7, 11) is -3.36. The molecule has 0 unspecified atom stereocenters. The van der Waals surface area contributed by atoms with Crippen molar-refractivity contribution in [1.29, 1.82) is 0 Å². The fourth-order valence-electron chi connectivity index (χ4n) is 1.02. The number of anilines is 1. The number of hydrogen-bond acceptors (Lipinski definition) is 3. The van der Waals surface area contributed by atoms with E-state index in [1.165, 1.54) is 24.3 Å². The van der Waals surface area contributed by atoms with Crippen molar-refractivity contribution in [2.45, 2.75) is 6.42 Å². The van der Waals surface area contributed by atoms with Crippen molar-refractivity contribution >= 4 is 15.7 Å². The second-order valence-corrected chi connectivity index (χ2v) is 4.91. The Bertz CT molecular complexity index is 403. The van der Waals surface area contributed by atoms with Crippen molar-refractivity contribution in [3.05, 3.63) is 30.1 Å². The molecule has 1 rings (SSSR count). The first-order chi connectivity index (χ1) is 7.03. The molecule has 6 heteroatoms. The third-order valence-electron chi connectivity index (χ3n) is 1.73. The van der Waals surface area contributed by atoms with Gasteiger partial charge in [0.15, 0.2) is 0 Å². The van der Waals surface area contributed by atoms with Crippen molar-refractivity contribution in [3.63, 3.8) is 0 Å². The summed E-state index contributed by atoms with van der Waals surface area (Å²) in [5, 5.41) is 0. The lowest BCUT2D eigenvalue weighted by Crippen LogP contribution is -2.18. The molecule has 0 spiro atoms. The number of rotatable bonds is 5. The highest BCUT2D eigenvalue weighted by molar-refractivity contribution is 7.92. The third-order valence-corrected chi connectivity index (χ3v) is 3.11. The maximum absolute atomic E-state index is 12.5. The molecule has 1 aromatic rings. The quantitative estimate of drug-likeness (QED) is 0.792. The number of halogens is 1. The van der Waals surface area contributed by atoms with E-state index in [1.54, 1.807) is 0 Å². The van der Waals surface area contributed by atoms with Crippen molar-refractivity contribution < 1.29 is 12.8 Å². The molecule has 4 nitrogen and oxygen atoms in total. The molecule has 0 radical (unpaired) electrons. The zero-order valence-electron chi connectivity index (χ0n) is 8.11. The van der Waals surface area contributed by atoms with Gasteiger partial charge < -0.3 is 5.73 Å². The molecule has 1 aromatic carbocycles. The van der Waals surface area contributed by atoms with E-state index in [-0.39, 0.29) is 5.75 Å². The van der Waals surface area contributed by atoms with Crippen LogP contribution in [0, 0.1) is 5.82 Å². The fraction of sp³-hybridized carbons (Fsp3) is 0.333. The number of nitrogens with two attached hydrogens (primary N) is 1. The first-order valence-electron chi connectivity index (χ1n) is 4.49. The van der Waals surface area contributed by atoms with Crippen molar-refractivity contribution in [2.75, 3.05) is 17.0 Å². The van der Waals surface area contributed by atoms with Crippen LogP contribution in [-0.2, 0) is 10.0 Å². The van der Waals surface area contributed by atoms with Crippen LogP contribution in [0.1, 0.15) is 6.42 Å². The molecule has 0 aromatic heterocycles. The lowest BCUT2D eigenvalue weighted by molar-refractivity contribution is 0.598. The monoisotopic (exact) mass is 232 g/mol. The number of sulfonamides is 1. The molecule has 15 heavy (non-hydrogen) atoms. The van der Waals surface area contributed by atoms with Gasteiger partial charge in [-0.1, -0.05) is 0 Å². The Kier molecular flexibility index (Phi) is 4.05. The van der Waals surface area contributed by atoms with E-state index in [0.29, 0.717) is 18.7 Å². The molecule has 84 valence electrons. The van der Waals surface area contributed by atoms with E-state index >= 15 is 0 Å². The Balaban J connectivity index is 2.65. The highest BCUT2D eigenvalue weighted by Crippen LogP contribution is 2.10. The molecule has 0 atom stereocenters. The van der Waals surface area contributed by atoms with E-state index < -0.39 is 15.8 Å². The van der Waals surface area contributed by atoms with E-state index in [1.807, 2.05) is 0 Å². The van der Waals surface area contributed by atoms with Crippen LogP contribution < -0.4 is 10.5 Å². The standard InChI is InChI=1S/C9H13FN2O2S/c10-8-2-4-9(5-3-8)12-15(13,14)7-1-6-11/h2-5,12H,1,6-7,11H2. The summed E-state index contributed by atoms with van der Waals surface area (Å²) in [4.78, 5) is 0. The minimum absolute atomic E-state index is 0.0269. The molecule has 0 aliphatic carbocycles. The zero-order chi connectivity index (χ0) is 11.3. The molecule has 0 saturated carbocycles. The Morgan fingerprint density at radius 2 is 1.87 bits per heavy atom. The van der Waals surface area contributed by atoms with Gasteiger partial charge in [0.2, 0.25) is 10.0 Å². The molecule has 0 heterocycles. The lowest BCUT2D eigenvalue weighted by Gasteiger charge is -2.06. The van der Waals surface area contributed by atoms with Crippen LogP contribution in [0.3, 0.4) is 0 Å². The first-order valence-corrected chi connectivity index (χ1v) is 6.15. The number of nitrogens with one attached hydrogen (secondary N) is 1. The Morgan fingerprint density at radius 1 is 1.27 bits per heavy atom. The predicted molar refractivity (Wildman–Crippen MR) is 57.5 cm³/mol. The highest BCUT2D eigenvalue weighted by atomic mass is 32.2. The van der Waals surface area contributed by atoms with Crippen molar-refractivity contribution in [3.8, 4) is 0 Å².